The number of amides is 1. The predicted octanol–water partition coefficient (Wildman–Crippen LogP) is 4.63. The minimum atomic E-state index is -3.02. The number of methoxy groups -OCH3 is 2. The van der Waals surface area contributed by atoms with Gasteiger partial charge >= 0.3 is 0 Å². The number of pyridine rings is 2. The van der Waals surface area contributed by atoms with Gasteiger partial charge in [-0.3, -0.25) is 15.1 Å². The number of nitrogens with zero attached hydrogens (tertiary/aromatic N) is 6. The molecule has 1 fully saturated rings. The van der Waals surface area contributed by atoms with E-state index < -0.39 is 24.5 Å². The Labute approximate surface area is 225 Å². The number of hydrogen-bond donors (Lipinski definition) is 1. The molecule has 5 rings (SSSR count). The zero-order valence-electron chi connectivity index (χ0n) is 20.5. The van der Waals surface area contributed by atoms with Gasteiger partial charge in [-0.25, -0.2) is 23.7 Å². The zero-order chi connectivity index (χ0) is 27.0. The van der Waals surface area contributed by atoms with Gasteiger partial charge in [0.2, 0.25) is 0 Å². The lowest BCUT2D eigenvalue weighted by atomic mass is 10.0. The summed E-state index contributed by atoms with van der Waals surface area (Å²) < 4.78 is 39.1. The molecule has 0 aromatic carbocycles. The lowest BCUT2D eigenvalue weighted by molar-refractivity contribution is -0.129. The predicted molar refractivity (Wildman–Crippen MR) is 140 cm³/mol. The van der Waals surface area contributed by atoms with Crippen LogP contribution in [0.25, 0.3) is 21.6 Å². The number of ether oxygens (including phenoxy) is 2. The van der Waals surface area contributed by atoms with Crippen molar-refractivity contribution in [2.75, 3.05) is 37.5 Å². The third-order valence-corrected chi connectivity index (χ3v) is 7.16. The third-order valence-electron chi connectivity index (χ3n) is 6.10. The van der Waals surface area contributed by atoms with Crippen molar-refractivity contribution in [2.24, 2.45) is 0 Å². The highest BCUT2D eigenvalue weighted by Gasteiger charge is 2.45. The van der Waals surface area contributed by atoms with Crippen molar-refractivity contribution < 1.29 is 23.0 Å². The first-order valence-corrected chi connectivity index (χ1v) is 12.6. The van der Waals surface area contributed by atoms with Crippen LogP contribution in [0.2, 0.25) is 5.15 Å². The summed E-state index contributed by atoms with van der Waals surface area (Å²) in [6.07, 6.45) is 3.36. The molecule has 4 aromatic heterocycles. The van der Waals surface area contributed by atoms with Crippen LogP contribution < -0.4 is 15.0 Å². The van der Waals surface area contributed by atoms with Crippen molar-refractivity contribution in [3.05, 3.63) is 47.1 Å². The molecule has 5 heterocycles. The Morgan fingerprint density at radius 1 is 1.16 bits per heavy atom. The van der Waals surface area contributed by atoms with Crippen LogP contribution in [-0.4, -0.2) is 70.2 Å². The maximum Gasteiger partial charge on any atom is 0.290 e. The molecule has 0 radical (unpaired) electrons. The fraction of sp³-hybridized carbons (Fsp3) is 0.333. The van der Waals surface area contributed by atoms with Crippen molar-refractivity contribution in [3.8, 4) is 16.9 Å². The fourth-order valence-corrected chi connectivity index (χ4v) is 5.19. The van der Waals surface area contributed by atoms with Crippen LogP contribution >= 0.6 is 22.9 Å². The number of anilines is 2. The average molecular weight is 562 g/mol. The van der Waals surface area contributed by atoms with Gasteiger partial charge in [0, 0.05) is 36.7 Å². The molecule has 1 unspecified atom stereocenters. The first-order valence-electron chi connectivity index (χ1n) is 11.5. The molecule has 1 amide bonds. The van der Waals surface area contributed by atoms with Crippen molar-refractivity contribution in [1.82, 2.24) is 24.9 Å². The van der Waals surface area contributed by atoms with Gasteiger partial charge in [0.05, 0.1) is 31.6 Å². The average Bonchev–Trinajstić information content (AvgIpc) is 3.29. The summed E-state index contributed by atoms with van der Waals surface area (Å²) in [5.41, 5.74) is 2.37. The number of piperidine rings is 1. The minimum Gasteiger partial charge on any atom is -0.494 e. The number of rotatable bonds is 6. The Balaban J connectivity index is 1.41. The highest BCUT2D eigenvalue weighted by atomic mass is 35.5. The van der Waals surface area contributed by atoms with Crippen molar-refractivity contribution in [3.63, 3.8) is 0 Å². The molecule has 1 N–H and O–H groups in total. The van der Waals surface area contributed by atoms with Crippen LogP contribution in [0.3, 0.4) is 0 Å². The van der Waals surface area contributed by atoms with Crippen LogP contribution in [-0.2, 0) is 4.74 Å². The molecule has 1 atom stereocenters. The van der Waals surface area contributed by atoms with Crippen LogP contribution in [0.15, 0.2) is 30.7 Å². The molecule has 1 aliphatic rings. The summed E-state index contributed by atoms with van der Waals surface area (Å²) in [6, 6.07) is 3.36. The zero-order valence-corrected chi connectivity index (χ0v) is 22.1. The summed E-state index contributed by atoms with van der Waals surface area (Å²) in [5, 5.41) is 3.25. The van der Waals surface area contributed by atoms with Crippen LogP contribution in [0, 0.1) is 6.92 Å². The van der Waals surface area contributed by atoms with E-state index in [0.717, 1.165) is 11.3 Å². The van der Waals surface area contributed by atoms with Crippen molar-refractivity contribution in [2.45, 2.75) is 25.4 Å². The number of hydrogen-bond acceptors (Lipinski definition) is 10. The fourth-order valence-electron chi connectivity index (χ4n) is 4.24. The van der Waals surface area contributed by atoms with Crippen molar-refractivity contribution >= 4 is 50.3 Å². The van der Waals surface area contributed by atoms with Gasteiger partial charge < -0.3 is 14.4 Å². The summed E-state index contributed by atoms with van der Waals surface area (Å²) in [4.78, 5) is 36.6. The minimum absolute atomic E-state index is 0.160. The summed E-state index contributed by atoms with van der Waals surface area (Å²) in [5.74, 6) is -2.74. The van der Waals surface area contributed by atoms with Gasteiger partial charge in [0.1, 0.15) is 22.8 Å². The Hall–Kier alpha value is -3.55. The molecule has 14 heteroatoms. The van der Waals surface area contributed by atoms with Crippen molar-refractivity contribution in [1.29, 1.82) is 0 Å². The molecule has 4 aromatic rings. The molecule has 198 valence electrons. The number of aryl methyl sites for hydroxylation is 1. The largest absolute Gasteiger partial charge is 0.494 e. The normalized spacial score (nSPS) is 17.0. The van der Waals surface area contributed by atoms with E-state index in [1.165, 1.54) is 37.7 Å². The molecular formula is C24H22ClF2N7O3S. The smallest absolute Gasteiger partial charge is 0.290 e. The lowest BCUT2D eigenvalue weighted by Crippen LogP contribution is -2.52. The second-order valence-electron chi connectivity index (χ2n) is 8.60. The summed E-state index contributed by atoms with van der Waals surface area (Å²) in [7, 11) is 2.78. The first-order chi connectivity index (χ1) is 18.2. The number of carbonyl (C=O) groups excluding carboxylic acids is 1. The maximum absolute atomic E-state index is 14.4. The number of aromatic nitrogens is 5. The van der Waals surface area contributed by atoms with E-state index in [0.29, 0.717) is 39.8 Å². The van der Waals surface area contributed by atoms with Gasteiger partial charge in [-0.15, -0.1) is 0 Å². The summed E-state index contributed by atoms with van der Waals surface area (Å²) in [6.45, 7) is 1.62. The Kier molecular flexibility index (Phi) is 7.07. The number of carbonyl (C=O) groups is 1. The number of nitrogens with one attached hydrogen (secondary N) is 1. The SMILES string of the molecule is COc1cnc(Cl)cc1-c1cc(C)ncc1C(=O)Nc1nc2ncc(N3CCC(OC)C(F)(F)C3)nc2s1. The van der Waals surface area contributed by atoms with Gasteiger partial charge in [0.25, 0.3) is 11.8 Å². The van der Waals surface area contributed by atoms with E-state index in [2.05, 4.69) is 30.2 Å². The number of thiazole rings is 1. The van der Waals surface area contributed by atoms with Gasteiger partial charge in [0.15, 0.2) is 15.6 Å². The van der Waals surface area contributed by atoms with E-state index in [9.17, 15) is 13.6 Å². The quantitative estimate of drug-likeness (QED) is 0.336. The van der Waals surface area contributed by atoms with Crippen LogP contribution in [0.1, 0.15) is 22.5 Å². The first kappa shape index (κ1) is 26.1. The highest BCUT2D eigenvalue weighted by Crippen LogP contribution is 2.35. The van der Waals surface area contributed by atoms with Crippen LogP contribution in [0.5, 0.6) is 5.75 Å². The van der Waals surface area contributed by atoms with E-state index in [4.69, 9.17) is 21.1 Å². The standard InChI is InChI=1S/C24H22ClF2N7O3S/c1-12-6-13(14-7-18(25)29-9-16(14)36-2)15(8-28-12)21(35)33-23-32-20-22(38-23)31-19(10-30-20)34-5-4-17(37-3)24(26,27)11-34/h6-10,17H,4-5,11H2,1-3H3,(H,30,32,33,35). The molecule has 38 heavy (non-hydrogen) atoms. The third kappa shape index (κ3) is 5.08. The van der Waals surface area contributed by atoms with Gasteiger partial charge in [-0.2, -0.15) is 4.98 Å². The lowest BCUT2D eigenvalue weighted by Gasteiger charge is -2.37. The molecule has 10 nitrogen and oxygen atoms in total. The molecule has 0 aliphatic carbocycles. The van der Waals surface area contributed by atoms with E-state index >= 15 is 0 Å². The van der Waals surface area contributed by atoms with E-state index in [1.807, 2.05) is 0 Å². The maximum atomic E-state index is 14.4. The number of halogens is 3. The van der Waals surface area contributed by atoms with Gasteiger partial charge in [-0.05, 0) is 25.5 Å². The van der Waals surface area contributed by atoms with E-state index in [-0.39, 0.29) is 27.9 Å². The van der Waals surface area contributed by atoms with Crippen LogP contribution in [0.4, 0.5) is 19.7 Å². The number of alkyl halides is 2. The Morgan fingerprint density at radius 3 is 2.71 bits per heavy atom. The number of fused-ring (bicyclic) bond motifs is 1. The topological polar surface area (TPSA) is 115 Å². The molecule has 1 saturated heterocycles. The Bertz CT molecular complexity index is 1520. The summed E-state index contributed by atoms with van der Waals surface area (Å²) >= 11 is 7.20. The van der Waals surface area contributed by atoms with Gasteiger partial charge in [-0.1, -0.05) is 22.9 Å². The molecule has 0 spiro atoms. The molecular weight excluding hydrogens is 540 g/mol. The monoisotopic (exact) mass is 561 g/mol. The second-order valence-corrected chi connectivity index (χ2v) is 9.97. The molecule has 0 bridgehead atoms. The second kappa shape index (κ2) is 10.3. The highest BCUT2D eigenvalue weighted by molar-refractivity contribution is 7.21. The molecule has 1 aliphatic heterocycles. The van der Waals surface area contributed by atoms with E-state index in [1.54, 1.807) is 19.1 Å². The Morgan fingerprint density at radius 2 is 1.97 bits per heavy atom. The molecule has 0 saturated carbocycles.